The fourth-order valence-corrected chi connectivity index (χ4v) is 1.19. The fourth-order valence-electron chi connectivity index (χ4n) is 1.19. The molecule has 0 aliphatic rings. The highest BCUT2D eigenvalue weighted by molar-refractivity contribution is 5.23. The van der Waals surface area contributed by atoms with Crippen LogP contribution in [0, 0.1) is 0 Å². The molecular formula is C9H14N2O2. The summed E-state index contributed by atoms with van der Waals surface area (Å²) in [6.07, 6.45) is 0. The largest absolute Gasteiger partial charge is 0.316 e. The van der Waals surface area contributed by atoms with E-state index in [1.54, 1.807) is 7.05 Å². The van der Waals surface area contributed by atoms with Gasteiger partial charge in [0, 0.05) is 20.1 Å². The maximum Gasteiger partial charge on any atom is 0.0485 e. The molecule has 13 heavy (non-hydrogen) atoms. The van der Waals surface area contributed by atoms with E-state index in [0.717, 1.165) is 16.2 Å². The maximum absolute atomic E-state index is 8.99. The van der Waals surface area contributed by atoms with Crippen molar-refractivity contribution >= 4 is 0 Å². The molecule has 0 saturated heterocycles. The van der Waals surface area contributed by atoms with Gasteiger partial charge in [0.25, 0.3) is 0 Å². The Morgan fingerprint density at radius 2 is 2.08 bits per heavy atom. The zero-order chi connectivity index (χ0) is 9.68. The molecule has 0 fully saturated rings. The molecule has 0 atom stereocenters. The van der Waals surface area contributed by atoms with Crippen LogP contribution >= 0.6 is 0 Å². The van der Waals surface area contributed by atoms with Crippen molar-refractivity contribution in [1.82, 2.24) is 10.5 Å². The van der Waals surface area contributed by atoms with Crippen LogP contribution in [-0.2, 0) is 13.1 Å². The summed E-state index contributed by atoms with van der Waals surface area (Å²) in [4.78, 5) is 0. The third-order valence-corrected chi connectivity index (χ3v) is 1.69. The van der Waals surface area contributed by atoms with Gasteiger partial charge in [-0.05, 0) is 11.1 Å². The van der Waals surface area contributed by atoms with Crippen LogP contribution in [-0.4, -0.2) is 22.5 Å². The van der Waals surface area contributed by atoms with E-state index in [9.17, 15) is 0 Å². The summed E-state index contributed by atoms with van der Waals surface area (Å²) in [5.74, 6) is 0. The average molecular weight is 182 g/mol. The number of hydroxylamine groups is 3. The molecule has 0 unspecified atom stereocenters. The normalized spacial score (nSPS) is 10.8. The third kappa shape index (κ3) is 3.52. The van der Waals surface area contributed by atoms with E-state index >= 15 is 0 Å². The summed E-state index contributed by atoms with van der Waals surface area (Å²) < 4.78 is 0. The number of benzene rings is 1. The van der Waals surface area contributed by atoms with Crippen LogP contribution in [0.1, 0.15) is 11.1 Å². The van der Waals surface area contributed by atoms with Gasteiger partial charge < -0.3 is 10.4 Å². The zero-order valence-corrected chi connectivity index (χ0v) is 7.57. The first-order chi connectivity index (χ1) is 6.22. The molecule has 1 aromatic rings. The minimum atomic E-state index is 0.420. The van der Waals surface area contributed by atoms with Crippen LogP contribution in [0.2, 0.25) is 0 Å². The lowest BCUT2D eigenvalue weighted by molar-refractivity contribution is -0.0731. The van der Waals surface area contributed by atoms with Gasteiger partial charge in [0.2, 0.25) is 0 Å². The van der Waals surface area contributed by atoms with Crippen molar-refractivity contribution in [3.8, 4) is 0 Å². The van der Waals surface area contributed by atoms with Crippen molar-refractivity contribution in [3.63, 3.8) is 0 Å². The van der Waals surface area contributed by atoms with Gasteiger partial charge in [-0.25, -0.2) is 5.48 Å². The molecule has 4 nitrogen and oxygen atoms in total. The van der Waals surface area contributed by atoms with Crippen molar-refractivity contribution in [2.75, 3.05) is 7.05 Å². The number of nitrogens with one attached hydrogen (secondary N) is 1. The lowest BCUT2D eigenvalue weighted by Crippen LogP contribution is -2.12. The highest BCUT2D eigenvalue weighted by Crippen LogP contribution is 2.06. The first-order valence-corrected chi connectivity index (χ1v) is 4.07. The van der Waals surface area contributed by atoms with Crippen molar-refractivity contribution in [3.05, 3.63) is 35.4 Å². The molecule has 0 amide bonds. The lowest BCUT2D eigenvalue weighted by Gasteiger charge is -2.08. The van der Waals surface area contributed by atoms with Gasteiger partial charge in [-0.2, -0.15) is 5.06 Å². The molecule has 0 aliphatic carbocycles. The average Bonchev–Trinajstić information content (AvgIpc) is 2.04. The molecule has 72 valence electrons. The highest BCUT2D eigenvalue weighted by atomic mass is 16.5. The minimum Gasteiger partial charge on any atom is -0.316 e. The standard InChI is InChI=1S/C9H14N2O2/c1-11(13)7-9-4-2-3-8(5-9)6-10-12/h2-5,10,12-13H,6-7H2,1H3. The summed E-state index contributed by atoms with van der Waals surface area (Å²) in [5.41, 5.74) is 4.09. The summed E-state index contributed by atoms with van der Waals surface area (Å²) in [6, 6.07) is 7.65. The quantitative estimate of drug-likeness (QED) is 0.608. The second-order valence-electron chi connectivity index (χ2n) is 2.97. The molecule has 0 aliphatic heterocycles. The van der Waals surface area contributed by atoms with Crippen LogP contribution in [0.3, 0.4) is 0 Å². The van der Waals surface area contributed by atoms with Gasteiger partial charge >= 0.3 is 0 Å². The first kappa shape index (κ1) is 10.1. The maximum atomic E-state index is 8.99. The Hall–Kier alpha value is -0.940. The van der Waals surface area contributed by atoms with E-state index < -0.39 is 0 Å². The Bertz CT molecular complexity index is 264. The lowest BCUT2D eigenvalue weighted by atomic mass is 10.1. The second-order valence-corrected chi connectivity index (χ2v) is 2.97. The monoisotopic (exact) mass is 182 g/mol. The van der Waals surface area contributed by atoms with Crippen LogP contribution < -0.4 is 5.48 Å². The Kier molecular flexibility index (Phi) is 3.85. The van der Waals surface area contributed by atoms with Crippen molar-refractivity contribution in [2.24, 2.45) is 0 Å². The van der Waals surface area contributed by atoms with Crippen molar-refractivity contribution in [2.45, 2.75) is 13.1 Å². The molecule has 0 heterocycles. The van der Waals surface area contributed by atoms with Gasteiger partial charge in [0.15, 0.2) is 0 Å². The van der Waals surface area contributed by atoms with Crippen LogP contribution in [0.25, 0.3) is 0 Å². The number of rotatable bonds is 4. The van der Waals surface area contributed by atoms with Gasteiger partial charge in [-0.1, -0.05) is 24.3 Å². The third-order valence-electron chi connectivity index (χ3n) is 1.69. The van der Waals surface area contributed by atoms with Crippen LogP contribution in [0.15, 0.2) is 24.3 Å². The Morgan fingerprint density at radius 1 is 1.38 bits per heavy atom. The van der Waals surface area contributed by atoms with E-state index in [4.69, 9.17) is 10.4 Å². The van der Waals surface area contributed by atoms with Crippen LogP contribution in [0.5, 0.6) is 0 Å². The van der Waals surface area contributed by atoms with Crippen LogP contribution in [0.4, 0.5) is 0 Å². The summed E-state index contributed by atoms with van der Waals surface area (Å²) in [6.45, 7) is 0.905. The Balaban J connectivity index is 2.67. The number of hydrogen-bond acceptors (Lipinski definition) is 4. The molecule has 1 aromatic carbocycles. The predicted molar refractivity (Wildman–Crippen MR) is 48.3 cm³/mol. The van der Waals surface area contributed by atoms with Gasteiger partial charge in [0.05, 0.1) is 0 Å². The predicted octanol–water partition coefficient (Wildman–Crippen LogP) is 0.986. The molecule has 1 rings (SSSR count). The molecule has 0 radical (unpaired) electrons. The Labute approximate surface area is 77.3 Å². The van der Waals surface area contributed by atoms with E-state index in [2.05, 4.69) is 5.48 Å². The SMILES string of the molecule is CN(O)Cc1cccc(CNO)c1. The fraction of sp³-hybridized carbons (Fsp3) is 0.333. The summed E-state index contributed by atoms with van der Waals surface area (Å²) in [5, 5.41) is 18.6. The van der Waals surface area contributed by atoms with Gasteiger partial charge in [0.1, 0.15) is 0 Å². The van der Waals surface area contributed by atoms with Crippen molar-refractivity contribution < 1.29 is 10.4 Å². The van der Waals surface area contributed by atoms with E-state index in [0.29, 0.717) is 13.1 Å². The molecule has 0 aromatic heterocycles. The van der Waals surface area contributed by atoms with Crippen molar-refractivity contribution in [1.29, 1.82) is 0 Å². The molecule has 0 spiro atoms. The summed E-state index contributed by atoms with van der Waals surface area (Å²) >= 11 is 0. The highest BCUT2D eigenvalue weighted by Gasteiger charge is 1.97. The van der Waals surface area contributed by atoms with E-state index in [1.807, 2.05) is 24.3 Å². The minimum absolute atomic E-state index is 0.420. The smallest absolute Gasteiger partial charge is 0.0485 e. The first-order valence-electron chi connectivity index (χ1n) is 4.07. The van der Waals surface area contributed by atoms with E-state index in [1.165, 1.54) is 0 Å². The molecule has 0 bridgehead atoms. The zero-order valence-electron chi connectivity index (χ0n) is 7.57. The topological polar surface area (TPSA) is 55.7 Å². The molecule has 4 heteroatoms. The Morgan fingerprint density at radius 3 is 2.69 bits per heavy atom. The molecule has 0 saturated carbocycles. The second kappa shape index (κ2) is 4.94. The summed E-state index contributed by atoms with van der Waals surface area (Å²) in [7, 11) is 1.59. The number of hydrogen-bond donors (Lipinski definition) is 3. The van der Waals surface area contributed by atoms with E-state index in [-0.39, 0.29) is 0 Å². The molecule has 3 N–H and O–H groups in total. The van der Waals surface area contributed by atoms with Gasteiger partial charge in [-0.3, -0.25) is 0 Å². The molecular weight excluding hydrogens is 168 g/mol. The van der Waals surface area contributed by atoms with Gasteiger partial charge in [-0.15, -0.1) is 0 Å². The number of nitrogens with zero attached hydrogens (tertiary/aromatic N) is 1.